The van der Waals surface area contributed by atoms with Crippen molar-refractivity contribution in [1.82, 2.24) is 0 Å². The lowest BCUT2D eigenvalue weighted by Crippen LogP contribution is -2.14. The van der Waals surface area contributed by atoms with Gasteiger partial charge in [-0.05, 0) is 54.8 Å². The van der Waals surface area contributed by atoms with E-state index in [1.165, 1.54) is 24.3 Å². The molecule has 2 aromatic rings. The molecule has 2 aromatic carbocycles. The molecule has 0 saturated heterocycles. The van der Waals surface area contributed by atoms with Crippen molar-refractivity contribution in [2.75, 3.05) is 5.32 Å². The summed E-state index contributed by atoms with van der Waals surface area (Å²) in [6.07, 6.45) is -3.14. The van der Waals surface area contributed by atoms with Gasteiger partial charge in [0.15, 0.2) is 0 Å². The Hall–Kier alpha value is -3.09. The first-order valence-corrected chi connectivity index (χ1v) is 7.65. The number of hydrogen-bond acceptors (Lipinski definition) is 2. The fourth-order valence-electron chi connectivity index (χ4n) is 2.35. The van der Waals surface area contributed by atoms with Gasteiger partial charge in [0, 0.05) is 17.3 Å². The summed E-state index contributed by atoms with van der Waals surface area (Å²) in [6, 6.07) is 9.28. The number of aryl methyl sites for hydroxylation is 1. The van der Waals surface area contributed by atoms with Crippen LogP contribution in [0.2, 0.25) is 0 Å². The van der Waals surface area contributed by atoms with Gasteiger partial charge in [-0.2, -0.15) is 13.2 Å². The second-order valence-corrected chi connectivity index (χ2v) is 5.79. The number of rotatable bonds is 4. The Morgan fingerprint density at radius 3 is 2.23 bits per heavy atom. The van der Waals surface area contributed by atoms with E-state index in [1.54, 1.807) is 26.0 Å². The van der Waals surface area contributed by atoms with Crippen molar-refractivity contribution in [3.05, 3.63) is 70.8 Å². The second kappa shape index (κ2) is 7.43. The summed E-state index contributed by atoms with van der Waals surface area (Å²) in [5.74, 6) is -1.07. The molecule has 0 aliphatic carbocycles. The Balaban J connectivity index is 2.15. The van der Waals surface area contributed by atoms with Crippen LogP contribution in [0.1, 0.15) is 34.0 Å². The zero-order chi connectivity index (χ0) is 19.5. The molecule has 3 N–H and O–H groups in total. The number of carbonyl (C=O) groups is 2. The summed E-state index contributed by atoms with van der Waals surface area (Å²) in [5.41, 5.74) is 6.89. The molecule has 0 fully saturated rings. The van der Waals surface area contributed by atoms with Crippen molar-refractivity contribution in [2.24, 2.45) is 5.73 Å². The number of nitrogens with one attached hydrogen (secondary N) is 1. The topological polar surface area (TPSA) is 72.2 Å². The molecule has 4 nitrogen and oxygen atoms in total. The van der Waals surface area contributed by atoms with Crippen LogP contribution >= 0.6 is 0 Å². The third-order valence-electron chi connectivity index (χ3n) is 3.79. The standard InChI is InChI=1S/C19H17F3N2O2/c1-11-3-8-15(10-16(11)18(23)26)24-17(25)9-12(2)13-4-6-14(7-5-13)19(20,21)22/h3-10H,1-2H3,(H2,23,26)(H,24,25)/b12-9-. The van der Waals surface area contributed by atoms with Crippen LogP contribution < -0.4 is 11.1 Å². The maximum Gasteiger partial charge on any atom is 0.416 e. The van der Waals surface area contributed by atoms with Gasteiger partial charge in [0.25, 0.3) is 0 Å². The lowest BCUT2D eigenvalue weighted by atomic mass is 10.0. The van der Waals surface area contributed by atoms with Gasteiger partial charge in [-0.15, -0.1) is 0 Å². The smallest absolute Gasteiger partial charge is 0.366 e. The summed E-state index contributed by atoms with van der Waals surface area (Å²) >= 11 is 0. The van der Waals surface area contributed by atoms with Gasteiger partial charge < -0.3 is 11.1 Å². The van der Waals surface area contributed by atoms with E-state index in [4.69, 9.17) is 5.73 Å². The number of carbonyl (C=O) groups excluding carboxylic acids is 2. The summed E-state index contributed by atoms with van der Waals surface area (Å²) in [5, 5.41) is 2.60. The maximum absolute atomic E-state index is 12.6. The fourth-order valence-corrected chi connectivity index (χ4v) is 2.35. The van der Waals surface area contributed by atoms with Gasteiger partial charge in [-0.1, -0.05) is 18.2 Å². The molecule has 0 radical (unpaired) electrons. The quantitative estimate of drug-likeness (QED) is 0.802. The van der Waals surface area contributed by atoms with Crippen molar-refractivity contribution >= 4 is 23.1 Å². The Morgan fingerprint density at radius 2 is 1.69 bits per heavy atom. The van der Waals surface area contributed by atoms with E-state index in [0.29, 0.717) is 28.0 Å². The van der Waals surface area contributed by atoms with Crippen molar-refractivity contribution in [1.29, 1.82) is 0 Å². The summed E-state index contributed by atoms with van der Waals surface area (Å²) in [4.78, 5) is 23.4. The van der Waals surface area contributed by atoms with Crippen molar-refractivity contribution in [3.8, 4) is 0 Å². The Labute approximate surface area is 148 Å². The van der Waals surface area contributed by atoms with Crippen molar-refractivity contribution < 1.29 is 22.8 Å². The minimum atomic E-state index is -4.41. The van der Waals surface area contributed by atoms with Gasteiger partial charge in [0.2, 0.25) is 11.8 Å². The molecule has 2 amide bonds. The number of halogens is 3. The molecule has 0 unspecified atom stereocenters. The predicted octanol–water partition coefficient (Wildman–Crippen LogP) is 4.15. The lowest BCUT2D eigenvalue weighted by Gasteiger charge is -2.09. The highest BCUT2D eigenvalue weighted by atomic mass is 19.4. The Kier molecular flexibility index (Phi) is 5.50. The van der Waals surface area contributed by atoms with E-state index >= 15 is 0 Å². The first-order chi connectivity index (χ1) is 12.1. The average molecular weight is 362 g/mol. The summed E-state index contributed by atoms with van der Waals surface area (Å²) in [6.45, 7) is 3.34. The van der Waals surface area contributed by atoms with Crippen LogP contribution in [0.5, 0.6) is 0 Å². The number of nitrogens with two attached hydrogens (primary N) is 1. The fraction of sp³-hybridized carbons (Fsp3) is 0.158. The minimum absolute atomic E-state index is 0.297. The van der Waals surface area contributed by atoms with Crippen LogP contribution in [0.15, 0.2) is 48.5 Å². The zero-order valence-corrected chi connectivity index (χ0v) is 14.1. The molecule has 26 heavy (non-hydrogen) atoms. The molecule has 7 heteroatoms. The van der Waals surface area contributed by atoms with Gasteiger partial charge >= 0.3 is 6.18 Å². The number of alkyl halides is 3. The van der Waals surface area contributed by atoms with E-state index in [-0.39, 0.29) is 0 Å². The van der Waals surface area contributed by atoms with Crippen LogP contribution in [-0.2, 0) is 11.0 Å². The number of allylic oxidation sites excluding steroid dienone is 1. The predicted molar refractivity (Wildman–Crippen MR) is 93.4 cm³/mol. The first-order valence-electron chi connectivity index (χ1n) is 7.65. The molecule has 0 spiro atoms. The molecule has 0 heterocycles. The van der Waals surface area contributed by atoms with E-state index in [0.717, 1.165) is 12.1 Å². The van der Waals surface area contributed by atoms with Crippen LogP contribution in [0, 0.1) is 6.92 Å². The number of primary amides is 1. The zero-order valence-electron chi connectivity index (χ0n) is 14.1. The highest BCUT2D eigenvalue weighted by Crippen LogP contribution is 2.30. The lowest BCUT2D eigenvalue weighted by molar-refractivity contribution is -0.137. The van der Waals surface area contributed by atoms with Gasteiger partial charge in [-0.3, -0.25) is 9.59 Å². The van der Waals surface area contributed by atoms with Crippen LogP contribution in [-0.4, -0.2) is 11.8 Å². The molecule has 136 valence electrons. The summed E-state index contributed by atoms with van der Waals surface area (Å²) < 4.78 is 37.7. The van der Waals surface area contributed by atoms with E-state index in [2.05, 4.69) is 5.32 Å². The third-order valence-corrected chi connectivity index (χ3v) is 3.79. The first kappa shape index (κ1) is 19.2. The molecular weight excluding hydrogens is 345 g/mol. The second-order valence-electron chi connectivity index (χ2n) is 5.79. The Morgan fingerprint density at radius 1 is 1.08 bits per heavy atom. The van der Waals surface area contributed by atoms with Crippen molar-refractivity contribution in [2.45, 2.75) is 20.0 Å². The number of benzene rings is 2. The molecule has 0 bridgehead atoms. The normalized spacial score (nSPS) is 12.0. The molecule has 0 aliphatic rings. The molecule has 2 rings (SSSR count). The van der Waals surface area contributed by atoms with Gasteiger partial charge in [-0.25, -0.2) is 0 Å². The Bertz CT molecular complexity index is 869. The van der Waals surface area contributed by atoms with Crippen LogP contribution in [0.4, 0.5) is 18.9 Å². The van der Waals surface area contributed by atoms with Crippen molar-refractivity contribution in [3.63, 3.8) is 0 Å². The van der Waals surface area contributed by atoms with E-state index < -0.39 is 23.6 Å². The minimum Gasteiger partial charge on any atom is -0.366 e. The number of anilines is 1. The van der Waals surface area contributed by atoms with Crippen LogP contribution in [0.3, 0.4) is 0 Å². The number of amides is 2. The molecular formula is C19H17F3N2O2. The SMILES string of the molecule is C/C(=C/C(=O)Nc1ccc(C)c(C(N)=O)c1)c1ccc(C(F)(F)F)cc1. The van der Waals surface area contributed by atoms with Gasteiger partial charge in [0.05, 0.1) is 5.56 Å². The third kappa shape index (κ3) is 4.72. The monoisotopic (exact) mass is 362 g/mol. The average Bonchev–Trinajstić information content (AvgIpc) is 2.55. The van der Waals surface area contributed by atoms with E-state index in [9.17, 15) is 22.8 Å². The largest absolute Gasteiger partial charge is 0.416 e. The highest BCUT2D eigenvalue weighted by Gasteiger charge is 2.29. The summed E-state index contributed by atoms with van der Waals surface area (Å²) in [7, 11) is 0. The highest BCUT2D eigenvalue weighted by molar-refractivity contribution is 6.04. The molecule has 0 saturated carbocycles. The van der Waals surface area contributed by atoms with Crippen LogP contribution in [0.25, 0.3) is 5.57 Å². The number of hydrogen-bond donors (Lipinski definition) is 2. The maximum atomic E-state index is 12.6. The van der Waals surface area contributed by atoms with Gasteiger partial charge in [0.1, 0.15) is 0 Å². The molecule has 0 aromatic heterocycles. The molecule has 0 aliphatic heterocycles. The molecule has 0 atom stereocenters. The van der Waals surface area contributed by atoms with E-state index in [1.807, 2.05) is 0 Å².